The Labute approximate surface area is 145 Å². The quantitative estimate of drug-likeness (QED) is 0.412. The van der Waals surface area contributed by atoms with E-state index in [1.807, 2.05) is 101 Å². The number of para-hydroxylation sites is 2. The van der Waals surface area contributed by atoms with Gasteiger partial charge in [0.1, 0.15) is 12.2 Å². The van der Waals surface area contributed by atoms with Gasteiger partial charge in [-0.25, -0.2) is 9.69 Å². The summed E-state index contributed by atoms with van der Waals surface area (Å²) in [7, 11) is 0. The Balaban J connectivity index is 1.67. The van der Waals surface area contributed by atoms with Crippen LogP contribution in [0.25, 0.3) is 11.0 Å². The van der Waals surface area contributed by atoms with Crippen LogP contribution in [0.2, 0.25) is 0 Å². The number of fused-ring (bicyclic) bond motifs is 1. The molecule has 1 heterocycles. The molecule has 25 heavy (non-hydrogen) atoms. The summed E-state index contributed by atoms with van der Waals surface area (Å²) in [5.74, 6) is 0. The highest BCUT2D eigenvalue weighted by Crippen LogP contribution is 2.17. The van der Waals surface area contributed by atoms with Crippen LogP contribution >= 0.6 is 0 Å². The van der Waals surface area contributed by atoms with Crippen molar-refractivity contribution in [1.82, 2.24) is 15.0 Å². The summed E-state index contributed by atoms with van der Waals surface area (Å²) in [4.78, 5) is 0. The Kier molecular flexibility index (Phi) is 4.20. The Morgan fingerprint density at radius 1 is 0.840 bits per heavy atom. The minimum Gasteiger partial charge on any atom is -0.244 e. The molecular formula is C20H17N5. The van der Waals surface area contributed by atoms with Gasteiger partial charge in [-0.3, -0.25) is 0 Å². The monoisotopic (exact) mass is 327 g/mol. The van der Waals surface area contributed by atoms with Crippen molar-refractivity contribution in [2.75, 3.05) is 5.01 Å². The molecule has 0 aliphatic rings. The summed E-state index contributed by atoms with van der Waals surface area (Å²) in [6.07, 6.45) is 1.85. The van der Waals surface area contributed by atoms with Gasteiger partial charge in [-0.05, 0) is 29.8 Å². The summed E-state index contributed by atoms with van der Waals surface area (Å²) < 4.78 is 1.85. The molecule has 122 valence electrons. The van der Waals surface area contributed by atoms with Gasteiger partial charge in [0.05, 0.1) is 17.4 Å². The smallest absolute Gasteiger partial charge is 0.136 e. The number of hydrogen-bond donors (Lipinski definition) is 0. The molecule has 0 saturated carbocycles. The molecule has 3 aromatic carbocycles. The third-order valence-corrected chi connectivity index (χ3v) is 3.89. The Hall–Kier alpha value is -3.47. The molecule has 0 atom stereocenters. The summed E-state index contributed by atoms with van der Waals surface area (Å²) in [6.45, 7) is 0.480. The summed E-state index contributed by atoms with van der Waals surface area (Å²) in [5.41, 5.74) is 3.90. The fourth-order valence-corrected chi connectivity index (χ4v) is 2.61. The van der Waals surface area contributed by atoms with Crippen molar-refractivity contribution in [3.05, 3.63) is 90.5 Å². The lowest BCUT2D eigenvalue weighted by molar-refractivity contribution is 0.584. The van der Waals surface area contributed by atoms with Crippen molar-refractivity contribution in [2.24, 2.45) is 5.10 Å². The van der Waals surface area contributed by atoms with Gasteiger partial charge in [0.25, 0.3) is 0 Å². The van der Waals surface area contributed by atoms with Gasteiger partial charge in [0.15, 0.2) is 0 Å². The van der Waals surface area contributed by atoms with E-state index >= 15 is 0 Å². The maximum atomic E-state index is 4.67. The van der Waals surface area contributed by atoms with E-state index < -0.39 is 0 Å². The van der Waals surface area contributed by atoms with Gasteiger partial charge in [-0.2, -0.15) is 5.10 Å². The van der Waals surface area contributed by atoms with Crippen molar-refractivity contribution < 1.29 is 0 Å². The maximum Gasteiger partial charge on any atom is 0.136 e. The van der Waals surface area contributed by atoms with Gasteiger partial charge >= 0.3 is 0 Å². The van der Waals surface area contributed by atoms with Crippen LogP contribution in [0.1, 0.15) is 5.56 Å². The van der Waals surface area contributed by atoms with Crippen molar-refractivity contribution in [1.29, 1.82) is 0 Å². The second-order valence-electron chi connectivity index (χ2n) is 5.61. The average Bonchev–Trinajstić information content (AvgIpc) is 3.09. The molecule has 5 nitrogen and oxygen atoms in total. The van der Waals surface area contributed by atoms with E-state index in [9.17, 15) is 0 Å². The summed E-state index contributed by atoms with van der Waals surface area (Å²) in [6, 6.07) is 28.0. The Morgan fingerprint density at radius 3 is 2.32 bits per heavy atom. The normalized spacial score (nSPS) is 11.2. The zero-order valence-corrected chi connectivity index (χ0v) is 13.6. The number of anilines is 1. The highest BCUT2D eigenvalue weighted by Gasteiger charge is 2.09. The van der Waals surface area contributed by atoms with Crippen molar-refractivity contribution >= 4 is 22.9 Å². The first kappa shape index (κ1) is 15.1. The minimum absolute atomic E-state index is 0.480. The molecule has 0 bridgehead atoms. The molecular weight excluding hydrogens is 310 g/mol. The molecule has 1 aromatic heterocycles. The topological polar surface area (TPSA) is 46.3 Å². The van der Waals surface area contributed by atoms with Crippen molar-refractivity contribution in [3.8, 4) is 0 Å². The molecule has 0 fully saturated rings. The molecule has 4 rings (SSSR count). The first-order chi connectivity index (χ1) is 12.4. The zero-order chi connectivity index (χ0) is 16.9. The van der Waals surface area contributed by atoms with Crippen molar-refractivity contribution in [2.45, 2.75) is 6.67 Å². The SMILES string of the molecule is C(=NN(Cn1nnc2ccccc21)c1ccccc1)c1ccccc1. The maximum absolute atomic E-state index is 4.67. The third kappa shape index (κ3) is 3.40. The molecule has 0 aliphatic heterocycles. The molecule has 0 aliphatic carbocycles. The standard InChI is InChI=1S/C20H17N5/c1-3-9-17(10-4-1)15-21-24(18-11-5-2-6-12-18)16-25-20-14-8-7-13-19(20)22-23-25/h1-15H,16H2. The Morgan fingerprint density at radius 2 is 1.52 bits per heavy atom. The van der Waals surface area contributed by atoms with Gasteiger partial charge in [0, 0.05) is 0 Å². The highest BCUT2D eigenvalue weighted by atomic mass is 15.6. The van der Waals surface area contributed by atoms with Crippen LogP contribution in [0.5, 0.6) is 0 Å². The first-order valence-corrected chi connectivity index (χ1v) is 8.10. The van der Waals surface area contributed by atoms with Crippen LogP contribution < -0.4 is 5.01 Å². The average molecular weight is 327 g/mol. The predicted molar refractivity (Wildman–Crippen MR) is 100 cm³/mol. The van der Waals surface area contributed by atoms with Gasteiger partial charge < -0.3 is 0 Å². The second-order valence-corrected chi connectivity index (χ2v) is 5.61. The summed E-state index contributed by atoms with van der Waals surface area (Å²) >= 11 is 0. The number of nitrogens with zero attached hydrogens (tertiary/aromatic N) is 5. The van der Waals surface area contributed by atoms with Gasteiger partial charge in [-0.15, -0.1) is 5.10 Å². The highest BCUT2D eigenvalue weighted by molar-refractivity contribution is 5.80. The van der Waals surface area contributed by atoms with Gasteiger partial charge in [0.2, 0.25) is 0 Å². The minimum atomic E-state index is 0.480. The number of benzene rings is 3. The predicted octanol–water partition coefficient (Wildman–Crippen LogP) is 3.93. The lowest BCUT2D eigenvalue weighted by Gasteiger charge is -2.19. The first-order valence-electron chi connectivity index (χ1n) is 8.10. The van der Waals surface area contributed by atoms with E-state index in [4.69, 9.17) is 0 Å². The molecule has 0 unspecified atom stereocenters. The van der Waals surface area contributed by atoms with E-state index in [0.29, 0.717) is 6.67 Å². The van der Waals surface area contributed by atoms with E-state index in [-0.39, 0.29) is 0 Å². The number of rotatable bonds is 5. The van der Waals surface area contributed by atoms with Crippen LogP contribution in [-0.2, 0) is 6.67 Å². The van der Waals surface area contributed by atoms with E-state index in [2.05, 4.69) is 15.4 Å². The third-order valence-electron chi connectivity index (χ3n) is 3.89. The molecule has 0 radical (unpaired) electrons. The van der Waals surface area contributed by atoms with Crippen LogP contribution in [-0.4, -0.2) is 21.2 Å². The number of aromatic nitrogens is 3. The zero-order valence-electron chi connectivity index (χ0n) is 13.6. The second kappa shape index (κ2) is 6.97. The fraction of sp³-hybridized carbons (Fsp3) is 0.0500. The molecule has 0 N–H and O–H groups in total. The number of hydrogen-bond acceptors (Lipinski definition) is 4. The van der Waals surface area contributed by atoms with Crippen LogP contribution in [0, 0.1) is 0 Å². The number of hydrazone groups is 1. The lowest BCUT2D eigenvalue weighted by atomic mass is 10.2. The summed E-state index contributed by atoms with van der Waals surface area (Å²) in [5, 5.41) is 15.1. The van der Waals surface area contributed by atoms with E-state index in [1.165, 1.54) is 0 Å². The van der Waals surface area contributed by atoms with Crippen molar-refractivity contribution in [3.63, 3.8) is 0 Å². The molecule has 5 heteroatoms. The fourth-order valence-electron chi connectivity index (χ4n) is 2.61. The van der Waals surface area contributed by atoms with Gasteiger partial charge in [-0.1, -0.05) is 65.9 Å². The van der Waals surface area contributed by atoms with Crippen LogP contribution in [0.15, 0.2) is 90.0 Å². The Bertz CT molecular complexity index is 977. The largest absolute Gasteiger partial charge is 0.244 e. The molecule has 0 amide bonds. The lowest BCUT2D eigenvalue weighted by Crippen LogP contribution is -2.21. The van der Waals surface area contributed by atoms with Crippen LogP contribution in [0.4, 0.5) is 5.69 Å². The molecule has 4 aromatic rings. The van der Waals surface area contributed by atoms with E-state index in [1.54, 1.807) is 0 Å². The van der Waals surface area contributed by atoms with Crippen LogP contribution in [0.3, 0.4) is 0 Å². The van der Waals surface area contributed by atoms with E-state index in [0.717, 1.165) is 22.3 Å². The molecule has 0 spiro atoms. The molecule has 0 saturated heterocycles.